The average Bonchev–Trinajstić information content (AvgIpc) is 2.32. The van der Waals surface area contributed by atoms with Crippen molar-refractivity contribution in [3.8, 4) is 0 Å². The highest BCUT2D eigenvalue weighted by atomic mass is 79.9. The molecule has 1 atom stereocenters. The van der Waals surface area contributed by atoms with Crippen molar-refractivity contribution >= 4 is 31.9 Å². The van der Waals surface area contributed by atoms with Gasteiger partial charge in [0.25, 0.3) is 0 Å². The molecule has 1 nitrogen and oxygen atoms in total. The minimum absolute atomic E-state index is 0.317. The van der Waals surface area contributed by atoms with Gasteiger partial charge >= 0.3 is 0 Å². The van der Waals surface area contributed by atoms with E-state index in [4.69, 9.17) is 5.73 Å². The van der Waals surface area contributed by atoms with Crippen molar-refractivity contribution in [1.82, 2.24) is 0 Å². The monoisotopic (exact) mass is 371 g/mol. The Morgan fingerprint density at radius 1 is 1.11 bits per heavy atom. The van der Waals surface area contributed by atoms with Crippen molar-refractivity contribution in [2.45, 2.75) is 12.5 Å². The van der Waals surface area contributed by atoms with Gasteiger partial charge in [0.05, 0.1) is 10.0 Å². The maximum Gasteiger partial charge on any atom is 0.142 e. The molecule has 2 N–H and O–H groups in total. The fourth-order valence-corrected chi connectivity index (χ4v) is 2.64. The molecule has 2 aromatic carbocycles. The van der Waals surface area contributed by atoms with E-state index < -0.39 is 5.54 Å². The number of rotatable bonds is 2. The minimum Gasteiger partial charge on any atom is -0.318 e. The third-order valence-electron chi connectivity index (χ3n) is 2.94. The predicted molar refractivity (Wildman–Crippen MR) is 78.9 cm³/mol. The van der Waals surface area contributed by atoms with Crippen molar-refractivity contribution in [3.63, 3.8) is 0 Å². The molecule has 0 heterocycles. The van der Waals surface area contributed by atoms with Crippen LogP contribution in [0.4, 0.5) is 4.39 Å². The summed E-state index contributed by atoms with van der Waals surface area (Å²) >= 11 is 6.59. The van der Waals surface area contributed by atoms with Crippen LogP contribution < -0.4 is 5.73 Å². The number of nitrogens with two attached hydrogens (primary N) is 1. The van der Waals surface area contributed by atoms with Crippen LogP contribution in [-0.4, -0.2) is 0 Å². The van der Waals surface area contributed by atoms with Crippen LogP contribution in [0.5, 0.6) is 0 Å². The predicted octanol–water partition coefficient (Wildman–Crippen LogP) is 4.57. The maximum atomic E-state index is 14.1. The summed E-state index contributed by atoms with van der Waals surface area (Å²) in [5.74, 6) is -0.317. The number of hydrogen-bond donors (Lipinski definition) is 1. The molecule has 2 rings (SSSR count). The molecule has 18 heavy (non-hydrogen) atoms. The molecule has 1 unspecified atom stereocenters. The Labute approximate surface area is 122 Å². The lowest BCUT2D eigenvalue weighted by Crippen LogP contribution is -2.35. The van der Waals surface area contributed by atoms with Gasteiger partial charge in [0.1, 0.15) is 5.82 Å². The fraction of sp³-hybridized carbons (Fsp3) is 0.143. The summed E-state index contributed by atoms with van der Waals surface area (Å²) in [6, 6.07) is 12.8. The average molecular weight is 373 g/mol. The van der Waals surface area contributed by atoms with E-state index in [0.29, 0.717) is 10.0 Å². The van der Waals surface area contributed by atoms with E-state index >= 15 is 0 Å². The quantitative estimate of drug-likeness (QED) is 0.820. The molecule has 94 valence electrons. The summed E-state index contributed by atoms with van der Waals surface area (Å²) in [5.41, 5.74) is 6.76. The van der Waals surface area contributed by atoms with E-state index in [9.17, 15) is 4.39 Å². The minimum atomic E-state index is -0.877. The van der Waals surface area contributed by atoms with Crippen molar-refractivity contribution in [3.05, 3.63) is 68.4 Å². The normalized spacial score (nSPS) is 14.3. The molecule has 0 amide bonds. The summed E-state index contributed by atoms with van der Waals surface area (Å²) in [4.78, 5) is 0. The summed E-state index contributed by atoms with van der Waals surface area (Å²) < 4.78 is 15.5. The van der Waals surface area contributed by atoms with Crippen LogP contribution in [0.1, 0.15) is 18.1 Å². The lowest BCUT2D eigenvalue weighted by atomic mass is 9.85. The Kier molecular flexibility index (Phi) is 3.90. The Morgan fingerprint density at radius 2 is 1.78 bits per heavy atom. The van der Waals surface area contributed by atoms with Crippen molar-refractivity contribution in [1.29, 1.82) is 0 Å². The Morgan fingerprint density at radius 3 is 2.44 bits per heavy atom. The van der Waals surface area contributed by atoms with Crippen LogP contribution in [-0.2, 0) is 5.54 Å². The van der Waals surface area contributed by atoms with Gasteiger partial charge in [-0.25, -0.2) is 4.39 Å². The maximum absolute atomic E-state index is 14.1. The second-order valence-corrected chi connectivity index (χ2v) is 6.08. The molecule has 0 saturated heterocycles. The van der Waals surface area contributed by atoms with Crippen LogP contribution in [0.25, 0.3) is 0 Å². The zero-order valence-electron chi connectivity index (χ0n) is 9.75. The lowest BCUT2D eigenvalue weighted by Gasteiger charge is -2.27. The van der Waals surface area contributed by atoms with Gasteiger partial charge in [0, 0.05) is 10.0 Å². The van der Waals surface area contributed by atoms with Crippen LogP contribution in [0.2, 0.25) is 0 Å². The van der Waals surface area contributed by atoms with Crippen LogP contribution in [0.15, 0.2) is 51.4 Å². The standard InChI is InChI=1S/C14H12Br2FN/c1-14(18,9-4-2-5-10(15)8-9)11-6-3-7-12(16)13(11)17/h2-8H,18H2,1H3. The largest absolute Gasteiger partial charge is 0.318 e. The Bertz CT molecular complexity index is 582. The first-order chi connectivity index (χ1) is 8.43. The van der Waals surface area contributed by atoms with E-state index in [2.05, 4.69) is 31.9 Å². The molecular weight excluding hydrogens is 361 g/mol. The van der Waals surface area contributed by atoms with Crippen LogP contribution >= 0.6 is 31.9 Å². The molecule has 0 saturated carbocycles. The summed E-state index contributed by atoms with van der Waals surface area (Å²) in [5, 5.41) is 0. The lowest BCUT2D eigenvalue weighted by molar-refractivity contribution is 0.527. The Hall–Kier alpha value is -0.710. The van der Waals surface area contributed by atoms with E-state index in [1.165, 1.54) is 0 Å². The van der Waals surface area contributed by atoms with Gasteiger partial charge in [-0.05, 0) is 46.6 Å². The van der Waals surface area contributed by atoms with Gasteiger partial charge in [-0.3, -0.25) is 0 Å². The highest BCUT2D eigenvalue weighted by molar-refractivity contribution is 9.10. The molecule has 4 heteroatoms. The zero-order valence-corrected chi connectivity index (χ0v) is 12.9. The summed E-state index contributed by atoms with van der Waals surface area (Å²) in [6.07, 6.45) is 0. The molecule has 0 aliphatic rings. The smallest absolute Gasteiger partial charge is 0.142 e. The molecule has 0 radical (unpaired) electrons. The first kappa shape index (κ1) is 13.7. The van der Waals surface area contributed by atoms with Crippen LogP contribution in [0, 0.1) is 5.82 Å². The summed E-state index contributed by atoms with van der Waals surface area (Å²) in [7, 11) is 0. The third-order valence-corrected chi connectivity index (χ3v) is 4.04. The SMILES string of the molecule is CC(N)(c1cccc(Br)c1)c1cccc(Br)c1F. The molecule has 0 spiro atoms. The van der Waals surface area contributed by atoms with Crippen LogP contribution in [0.3, 0.4) is 0 Å². The van der Waals surface area contributed by atoms with Gasteiger partial charge in [-0.1, -0.05) is 40.2 Å². The highest BCUT2D eigenvalue weighted by Gasteiger charge is 2.27. The molecule has 0 bridgehead atoms. The molecule has 0 aliphatic heterocycles. The van der Waals surface area contributed by atoms with Crippen molar-refractivity contribution < 1.29 is 4.39 Å². The number of hydrogen-bond acceptors (Lipinski definition) is 1. The third kappa shape index (κ3) is 2.51. The second kappa shape index (κ2) is 5.11. The first-order valence-electron chi connectivity index (χ1n) is 5.42. The van der Waals surface area contributed by atoms with Gasteiger partial charge < -0.3 is 5.73 Å². The fourth-order valence-electron chi connectivity index (χ4n) is 1.87. The molecule has 0 aromatic heterocycles. The molecular formula is C14H12Br2FN. The summed E-state index contributed by atoms with van der Waals surface area (Å²) in [6.45, 7) is 1.81. The van der Waals surface area contributed by atoms with Crippen molar-refractivity contribution in [2.75, 3.05) is 0 Å². The van der Waals surface area contributed by atoms with Gasteiger partial charge in [0.15, 0.2) is 0 Å². The highest BCUT2D eigenvalue weighted by Crippen LogP contribution is 2.32. The van der Waals surface area contributed by atoms with E-state index in [0.717, 1.165) is 10.0 Å². The van der Waals surface area contributed by atoms with Crippen molar-refractivity contribution in [2.24, 2.45) is 5.73 Å². The number of halogens is 3. The van der Waals surface area contributed by atoms with E-state index in [-0.39, 0.29) is 5.82 Å². The topological polar surface area (TPSA) is 26.0 Å². The Balaban J connectivity index is 2.57. The first-order valence-corrected chi connectivity index (χ1v) is 7.01. The van der Waals surface area contributed by atoms with Gasteiger partial charge in [0.2, 0.25) is 0 Å². The van der Waals surface area contributed by atoms with Gasteiger partial charge in [-0.15, -0.1) is 0 Å². The van der Waals surface area contributed by atoms with E-state index in [1.807, 2.05) is 24.3 Å². The number of benzene rings is 2. The molecule has 0 fully saturated rings. The van der Waals surface area contributed by atoms with E-state index in [1.54, 1.807) is 25.1 Å². The van der Waals surface area contributed by atoms with Gasteiger partial charge in [-0.2, -0.15) is 0 Å². The zero-order chi connectivity index (χ0) is 13.3. The second-order valence-electron chi connectivity index (χ2n) is 4.31. The molecule has 0 aliphatic carbocycles. The molecule has 2 aromatic rings.